The van der Waals surface area contributed by atoms with Crippen LogP contribution >= 0.6 is 0 Å². The number of ether oxygens (including phenoxy) is 1. The molecule has 0 radical (unpaired) electrons. The van der Waals surface area contributed by atoms with Crippen molar-refractivity contribution >= 4 is 5.91 Å². The number of amides is 1. The molecule has 2 aliphatic heterocycles. The van der Waals surface area contributed by atoms with Crippen molar-refractivity contribution in [3.63, 3.8) is 0 Å². The summed E-state index contributed by atoms with van der Waals surface area (Å²) in [6, 6.07) is 0. The standard InChI is InChI=1S/C19H32N4O2/c1-16(2)14-23-15-18(13-20-23)19(24)22-7-4-17(5-8-22)3-6-21-9-11-25-12-10-21/h13,15-17H,3-12,14H2,1-2H3. The van der Waals surface area contributed by atoms with Gasteiger partial charge in [-0.15, -0.1) is 0 Å². The van der Waals surface area contributed by atoms with Gasteiger partial charge < -0.3 is 9.64 Å². The van der Waals surface area contributed by atoms with Gasteiger partial charge in [0.25, 0.3) is 5.91 Å². The summed E-state index contributed by atoms with van der Waals surface area (Å²) in [6.07, 6.45) is 7.10. The van der Waals surface area contributed by atoms with Gasteiger partial charge in [-0.05, 0) is 37.6 Å². The number of carbonyl (C=O) groups is 1. The Balaban J connectivity index is 1.42. The molecule has 0 saturated carbocycles. The highest BCUT2D eigenvalue weighted by Crippen LogP contribution is 2.22. The molecule has 6 nitrogen and oxygen atoms in total. The van der Waals surface area contributed by atoms with Crippen molar-refractivity contribution in [3.8, 4) is 0 Å². The Morgan fingerprint density at radius 1 is 1.24 bits per heavy atom. The molecule has 2 saturated heterocycles. The zero-order valence-corrected chi connectivity index (χ0v) is 15.7. The molecule has 2 fully saturated rings. The third-order valence-corrected chi connectivity index (χ3v) is 5.29. The van der Waals surface area contributed by atoms with E-state index in [0.717, 1.165) is 70.3 Å². The van der Waals surface area contributed by atoms with Gasteiger partial charge in [0, 0.05) is 38.9 Å². The summed E-state index contributed by atoms with van der Waals surface area (Å²) in [5.74, 6) is 1.42. The number of likely N-dealkylation sites (tertiary alicyclic amines) is 1. The molecule has 0 aliphatic carbocycles. The van der Waals surface area contributed by atoms with Crippen molar-refractivity contribution in [2.24, 2.45) is 11.8 Å². The summed E-state index contributed by atoms with van der Waals surface area (Å²) in [4.78, 5) is 17.2. The highest BCUT2D eigenvalue weighted by atomic mass is 16.5. The van der Waals surface area contributed by atoms with Gasteiger partial charge in [-0.2, -0.15) is 5.10 Å². The minimum atomic E-state index is 0.140. The van der Waals surface area contributed by atoms with E-state index in [2.05, 4.69) is 23.8 Å². The molecule has 1 amide bonds. The highest BCUT2D eigenvalue weighted by molar-refractivity contribution is 5.93. The van der Waals surface area contributed by atoms with E-state index in [1.807, 2.05) is 15.8 Å². The van der Waals surface area contributed by atoms with Crippen LogP contribution in [0.1, 0.15) is 43.5 Å². The number of rotatable bonds is 6. The second kappa shape index (κ2) is 8.81. The summed E-state index contributed by atoms with van der Waals surface area (Å²) in [5, 5.41) is 4.32. The van der Waals surface area contributed by atoms with Crippen LogP contribution in [-0.2, 0) is 11.3 Å². The first-order valence-electron chi connectivity index (χ1n) is 9.73. The molecule has 0 bridgehead atoms. The van der Waals surface area contributed by atoms with Crippen molar-refractivity contribution in [3.05, 3.63) is 18.0 Å². The molecule has 6 heteroatoms. The fraction of sp³-hybridized carbons (Fsp3) is 0.789. The smallest absolute Gasteiger partial charge is 0.257 e. The van der Waals surface area contributed by atoms with Gasteiger partial charge in [-0.25, -0.2) is 0 Å². The fourth-order valence-electron chi connectivity index (χ4n) is 3.75. The third kappa shape index (κ3) is 5.28. The van der Waals surface area contributed by atoms with E-state index < -0.39 is 0 Å². The first kappa shape index (κ1) is 18.4. The van der Waals surface area contributed by atoms with E-state index in [9.17, 15) is 4.79 Å². The highest BCUT2D eigenvalue weighted by Gasteiger charge is 2.25. The predicted octanol–water partition coefficient (Wildman–Crippen LogP) is 2.11. The van der Waals surface area contributed by atoms with Crippen LogP contribution in [0.3, 0.4) is 0 Å². The molecule has 1 aromatic rings. The van der Waals surface area contributed by atoms with Crippen LogP contribution in [0.25, 0.3) is 0 Å². The SMILES string of the molecule is CC(C)Cn1cc(C(=O)N2CCC(CCN3CCOCC3)CC2)cn1. The molecule has 1 aromatic heterocycles. The Kier molecular flexibility index (Phi) is 6.48. The fourth-order valence-corrected chi connectivity index (χ4v) is 3.75. The molecule has 0 N–H and O–H groups in total. The topological polar surface area (TPSA) is 50.6 Å². The van der Waals surface area contributed by atoms with Gasteiger partial charge in [0.2, 0.25) is 0 Å². The Hall–Kier alpha value is -1.40. The maximum absolute atomic E-state index is 12.7. The lowest BCUT2D eigenvalue weighted by Gasteiger charge is -2.33. The number of hydrogen-bond acceptors (Lipinski definition) is 4. The molecule has 0 atom stereocenters. The Bertz CT molecular complexity index is 543. The van der Waals surface area contributed by atoms with Crippen LogP contribution in [0, 0.1) is 11.8 Å². The van der Waals surface area contributed by atoms with Crippen LogP contribution in [0.4, 0.5) is 0 Å². The molecule has 0 spiro atoms. The van der Waals surface area contributed by atoms with E-state index >= 15 is 0 Å². The van der Waals surface area contributed by atoms with Crippen LogP contribution in [0.15, 0.2) is 12.4 Å². The summed E-state index contributed by atoms with van der Waals surface area (Å²) in [6.45, 7) is 12.0. The van der Waals surface area contributed by atoms with Crippen LogP contribution in [0.5, 0.6) is 0 Å². The van der Waals surface area contributed by atoms with Crippen molar-refractivity contribution in [2.75, 3.05) is 45.9 Å². The number of aromatic nitrogens is 2. The maximum Gasteiger partial charge on any atom is 0.257 e. The number of piperidine rings is 1. The van der Waals surface area contributed by atoms with Gasteiger partial charge in [-0.3, -0.25) is 14.4 Å². The summed E-state index contributed by atoms with van der Waals surface area (Å²) >= 11 is 0. The first-order valence-corrected chi connectivity index (χ1v) is 9.73. The predicted molar refractivity (Wildman–Crippen MR) is 97.6 cm³/mol. The zero-order chi connectivity index (χ0) is 17.6. The van der Waals surface area contributed by atoms with Crippen molar-refractivity contribution in [1.82, 2.24) is 19.6 Å². The number of hydrogen-bond donors (Lipinski definition) is 0. The number of nitrogens with zero attached hydrogens (tertiary/aromatic N) is 4. The molecular weight excluding hydrogens is 316 g/mol. The minimum absolute atomic E-state index is 0.140. The quantitative estimate of drug-likeness (QED) is 0.790. The van der Waals surface area contributed by atoms with E-state index in [1.165, 1.54) is 13.0 Å². The van der Waals surface area contributed by atoms with Gasteiger partial charge >= 0.3 is 0 Å². The van der Waals surface area contributed by atoms with Crippen LogP contribution in [0.2, 0.25) is 0 Å². The molecule has 2 aliphatic rings. The zero-order valence-electron chi connectivity index (χ0n) is 15.7. The summed E-state index contributed by atoms with van der Waals surface area (Å²) in [7, 11) is 0. The summed E-state index contributed by atoms with van der Waals surface area (Å²) < 4.78 is 7.29. The molecular formula is C19H32N4O2. The second-order valence-corrected chi connectivity index (χ2v) is 7.82. The number of morpholine rings is 1. The van der Waals surface area contributed by atoms with Crippen molar-refractivity contribution in [1.29, 1.82) is 0 Å². The Morgan fingerprint density at radius 3 is 2.64 bits per heavy atom. The normalized spacial score (nSPS) is 20.4. The lowest BCUT2D eigenvalue weighted by molar-refractivity contribution is 0.0332. The van der Waals surface area contributed by atoms with E-state index in [1.54, 1.807) is 6.20 Å². The Morgan fingerprint density at radius 2 is 1.96 bits per heavy atom. The van der Waals surface area contributed by atoms with Crippen molar-refractivity contribution < 1.29 is 9.53 Å². The van der Waals surface area contributed by atoms with Gasteiger partial charge in [0.15, 0.2) is 0 Å². The summed E-state index contributed by atoms with van der Waals surface area (Å²) in [5.41, 5.74) is 0.729. The third-order valence-electron chi connectivity index (χ3n) is 5.29. The van der Waals surface area contributed by atoms with E-state index in [0.29, 0.717) is 5.92 Å². The van der Waals surface area contributed by atoms with Crippen LogP contribution in [-0.4, -0.2) is 71.4 Å². The van der Waals surface area contributed by atoms with Gasteiger partial charge in [0.1, 0.15) is 0 Å². The maximum atomic E-state index is 12.7. The average molecular weight is 348 g/mol. The average Bonchev–Trinajstić information content (AvgIpc) is 3.08. The van der Waals surface area contributed by atoms with Crippen molar-refractivity contribution in [2.45, 2.75) is 39.7 Å². The monoisotopic (exact) mass is 348 g/mol. The lowest BCUT2D eigenvalue weighted by Crippen LogP contribution is -2.40. The molecule has 140 valence electrons. The molecule has 3 heterocycles. The lowest BCUT2D eigenvalue weighted by atomic mass is 9.93. The van der Waals surface area contributed by atoms with E-state index in [4.69, 9.17) is 4.74 Å². The number of carbonyl (C=O) groups excluding carboxylic acids is 1. The first-order chi connectivity index (χ1) is 12.1. The largest absolute Gasteiger partial charge is 0.379 e. The minimum Gasteiger partial charge on any atom is -0.379 e. The second-order valence-electron chi connectivity index (χ2n) is 7.82. The molecule has 0 unspecified atom stereocenters. The molecule has 0 aromatic carbocycles. The van der Waals surface area contributed by atoms with Crippen LogP contribution < -0.4 is 0 Å². The molecule has 25 heavy (non-hydrogen) atoms. The van der Waals surface area contributed by atoms with Gasteiger partial charge in [0.05, 0.1) is 25.0 Å². The molecule has 3 rings (SSSR count). The van der Waals surface area contributed by atoms with E-state index in [-0.39, 0.29) is 5.91 Å². The Labute approximate surface area is 151 Å². The van der Waals surface area contributed by atoms with Gasteiger partial charge in [-0.1, -0.05) is 13.8 Å².